The van der Waals surface area contributed by atoms with Gasteiger partial charge < -0.3 is 5.32 Å². The third kappa shape index (κ3) is 6.31. The van der Waals surface area contributed by atoms with Gasteiger partial charge in [0.05, 0.1) is 17.0 Å². The van der Waals surface area contributed by atoms with E-state index in [1.165, 1.54) is 59.1 Å². The smallest absolute Gasteiger partial charge is 0.258 e. The zero-order valence-corrected chi connectivity index (χ0v) is 17.9. The minimum Gasteiger partial charge on any atom is -0.325 e. The molecule has 0 aliphatic heterocycles. The molecule has 1 heterocycles. The molecule has 0 aliphatic carbocycles. The molecule has 3 aromatic rings. The van der Waals surface area contributed by atoms with Crippen molar-refractivity contribution in [3.8, 4) is 0 Å². The fourth-order valence-electron chi connectivity index (χ4n) is 2.41. The largest absolute Gasteiger partial charge is 0.325 e. The number of carbonyl (C=O) groups is 2. The average molecular weight is 448 g/mol. The number of halogens is 1. The third-order valence-electron chi connectivity index (χ3n) is 3.73. The summed E-state index contributed by atoms with van der Waals surface area (Å²) >= 11 is 4.28. The molecule has 150 valence electrons. The van der Waals surface area contributed by atoms with Crippen molar-refractivity contribution in [1.82, 2.24) is 4.98 Å². The van der Waals surface area contributed by atoms with E-state index in [1.54, 1.807) is 6.07 Å². The van der Waals surface area contributed by atoms with Crippen molar-refractivity contribution in [2.24, 2.45) is 0 Å². The van der Waals surface area contributed by atoms with Crippen LogP contribution in [0.15, 0.2) is 58.8 Å². The summed E-state index contributed by atoms with van der Waals surface area (Å²) in [7, 11) is 0. The highest BCUT2D eigenvalue weighted by molar-refractivity contribution is 7.99. The summed E-state index contributed by atoms with van der Waals surface area (Å²) in [6.45, 7) is 0. The maximum Gasteiger partial charge on any atom is 0.258 e. The number of hydrogen-bond acceptors (Lipinski definition) is 6. The molecule has 1 aromatic heterocycles. The Hall–Kier alpha value is -2.36. The number of thioether (sulfide) groups is 2. The zero-order valence-electron chi connectivity index (χ0n) is 15.5. The van der Waals surface area contributed by atoms with Crippen LogP contribution in [0.5, 0.6) is 0 Å². The predicted molar refractivity (Wildman–Crippen MR) is 119 cm³/mol. The van der Waals surface area contributed by atoms with Crippen LogP contribution in [0.4, 0.5) is 15.2 Å². The van der Waals surface area contributed by atoms with E-state index < -0.39 is 0 Å². The summed E-state index contributed by atoms with van der Waals surface area (Å²) in [6.07, 6.45) is 1.93. The van der Waals surface area contributed by atoms with Gasteiger partial charge in [-0.3, -0.25) is 14.9 Å². The maximum atomic E-state index is 12.9. The van der Waals surface area contributed by atoms with Gasteiger partial charge in [0, 0.05) is 21.7 Å². The number of nitrogens with one attached hydrogen (secondary N) is 2. The minimum atomic E-state index is -0.347. The Balaban J connectivity index is 1.47. The highest BCUT2D eigenvalue weighted by Crippen LogP contribution is 2.23. The summed E-state index contributed by atoms with van der Waals surface area (Å²) < 4.78 is 12.9. The van der Waals surface area contributed by atoms with Gasteiger partial charge in [-0.05, 0) is 42.7 Å². The highest BCUT2D eigenvalue weighted by atomic mass is 32.2. The van der Waals surface area contributed by atoms with Crippen LogP contribution < -0.4 is 10.6 Å². The van der Waals surface area contributed by atoms with Crippen LogP contribution in [0.2, 0.25) is 0 Å². The van der Waals surface area contributed by atoms with E-state index >= 15 is 0 Å². The molecule has 5 nitrogen and oxygen atoms in total. The summed E-state index contributed by atoms with van der Waals surface area (Å²) in [4.78, 5) is 29.7. The molecule has 0 aliphatic rings. The second kappa shape index (κ2) is 10.4. The van der Waals surface area contributed by atoms with Gasteiger partial charge in [-0.15, -0.1) is 34.9 Å². The number of anilines is 2. The Kier molecular flexibility index (Phi) is 7.68. The average Bonchev–Trinajstić information content (AvgIpc) is 3.16. The molecule has 0 saturated carbocycles. The lowest BCUT2D eigenvalue weighted by atomic mass is 10.2. The molecule has 0 radical (unpaired) electrons. The molecule has 2 N–H and O–H groups in total. The molecule has 0 saturated heterocycles. The summed E-state index contributed by atoms with van der Waals surface area (Å²) in [5.41, 5.74) is 1.97. The maximum absolute atomic E-state index is 12.9. The third-order valence-corrected chi connectivity index (χ3v) is 6.30. The number of thiazole rings is 1. The first kappa shape index (κ1) is 21.4. The molecule has 0 fully saturated rings. The number of amides is 2. The number of benzene rings is 2. The summed E-state index contributed by atoms with van der Waals surface area (Å²) in [5.74, 6) is 0.0874. The van der Waals surface area contributed by atoms with E-state index in [1.807, 2.05) is 29.8 Å². The van der Waals surface area contributed by atoms with E-state index in [-0.39, 0.29) is 23.4 Å². The lowest BCUT2D eigenvalue weighted by Gasteiger charge is -2.06. The predicted octanol–water partition coefficient (Wildman–Crippen LogP) is 5.13. The fraction of sp³-hybridized carbons (Fsp3) is 0.150. The van der Waals surface area contributed by atoms with Gasteiger partial charge in [-0.25, -0.2) is 9.37 Å². The number of hydrogen-bond donors (Lipinski definition) is 2. The van der Waals surface area contributed by atoms with Crippen molar-refractivity contribution in [3.63, 3.8) is 0 Å². The quantitative estimate of drug-likeness (QED) is 0.469. The van der Waals surface area contributed by atoms with Crippen LogP contribution in [-0.4, -0.2) is 28.8 Å². The second-order valence-corrected chi connectivity index (χ2v) is 8.54. The van der Waals surface area contributed by atoms with Crippen LogP contribution in [0.1, 0.15) is 16.1 Å². The van der Waals surface area contributed by atoms with Gasteiger partial charge in [0.1, 0.15) is 5.82 Å². The van der Waals surface area contributed by atoms with Crippen LogP contribution in [0, 0.1) is 5.82 Å². The number of carbonyl (C=O) groups excluding carboxylic acids is 2. The van der Waals surface area contributed by atoms with Crippen LogP contribution in [0.25, 0.3) is 0 Å². The van der Waals surface area contributed by atoms with E-state index in [0.717, 1.165) is 10.6 Å². The molecule has 29 heavy (non-hydrogen) atoms. The van der Waals surface area contributed by atoms with Gasteiger partial charge in [0.2, 0.25) is 5.91 Å². The van der Waals surface area contributed by atoms with Crippen molar-refractivity contribution >= 4 is 57.5 Å². The first-order chi connectivity index (χ1) is 14.0. The normalized spacial score (nSPS) is 10.6. The van der Waals surface area contributed by atoms with E-state index in [2.05, 4.69) is 15.6 Å². The molecule has 9 heteroatoms. The molecular weight excluding hydrogens is 429 g/mol. The van der Waals surface area contributed by atoms with Crippen molar-refractivity contribution in [1.29, 1.82) is 0 Å². The molecule has 0 atom stereocenters. The second-order valence-electron chi connectivity index (χ2n) is 5.85. The molecule has 0 bridgehead atoms. The van der Waals surface area contributed by atoms with Gasteiger partial charge in [0.25, 0.3) is 5.91 Å². The Morgan fingerprint density at radius 2 is 1.86 bits per heavy atom. The molecule has 0 unspecified atom stereocenters. The topological polar surface area (TPSA) is 71.1 Å². The van der Waals surface area contributed by atoms with Gasteiger partial charge in [0.15, 0.2) is 5.13 Å². The number of aromatic nitrogens is 1. The first-order valence-electron chi connectivity index (χ1n) is 8.57. The molecule has 2 aromatic carbocycles. The Labute approximate surface area is 180 Å². The number of nitrogens with zero attached hydrogens (tertiary/aromatic N) is 1. The number of rotatable bonds is 8. The minimum absolute atomic E-state index is 0.168. The van der Waals surface area contributed by atoms with E-state index in [0.29, 0.717) is 22.1 Å². The van der Waals surface area contributed by atoms with Crippen LogP contribution in [-0.2, 0) is 10.5 Å². The van der Waals surface area contributed by atoms with E-state index in [4.69, 9.17) is 0 Å². The van der Waals surface area contributed by atoms with Crippen molar-refractivity contribution < 1.29 is 14.0 Å². The fourth-order valence-corrected chi connectivity index (χ4v) is 4.53. The van der Waals surface area contributed by atoms with Gasteiger partial charge >= 0.3 is 0 Å². The molecule has 2 amide bonds. The summed E-state index contributed by atoms with van der Waals surface area (Å²) in [6, 6.07) is 13.0. The molecule has 3 rings (SSSR count). The molecule has 0 spiro atoms. The Morgan fingerprint density at radius 3 is 2.62 bits per heavy atom. The lowest BCUT2D eigenvalue weighted by molar-refractivity contribution is -0.113. The van der Waals surface area contributed by atoms with E-state index in [9.17, 15) is 14.0 Å². The van der Waals surface area contributed by atoms with Gasteiger partial charge in [-0.2, -0.15) is 0 Å². The highest BCUT2D eigenvalue weighted by Gasteiger charge is 2.13. The Bertz CT molecular complexity index is 993. The zero-order chi connectivity index (χ0) is 20.6. The molecular formula is C20H18FN3O2S3. The van der Waals surface area contributed by atoms with Crippen molar-refractivity contribution in [2.75, 3.05) is 22.6 Å². The standard InChI is InChI=1S/C20H18FN3O2S3/c1-27-17-5-3-2-4-16(17)19(26)24-20-23-15(11-29-20)10-28-12-18(25)22-14-8-6-13(21)7-9-14/h2-9,11H,10,12H2,1H3,(H,22,25)(H,23,24,26). The van der Waals surface area contributed by atoms with Crippen molar-refractivity contribution in [3.05, 3.63) is 71.0 Å². The Morgan fingerprint density at radius 1 is 1.10 bits per heavy atom. The van der Waals surface area contributed by atoms with Crippen LogP contribution in [0.3, 0.4) is 0 Å². The van der Waals surface area contributed by atoms with Crippen LogP contribution >= 0.6 is 34.9 Å². The van der Waals surface area contributed by atoms with Crippen molar-refractivity contribution in [2.45, 2.75) is 10.6 Å². The lowest BCUT2D eigenvalue weighted by Crippen LogP contribution is -2.14. The first-order valence-corrected chi connectivity index (χ1v) is 11.8. The van der Waals surface area contributed by atoms with Gasteiger partial charge in [-0.1, -0.05) is 12.1 Å². The SMILES string of the molecule is CSc1ccccc1C(=O)Nc1nc(CSCC(=O)Nc2ccc(F)cc2)cs1. The monoisotopic (exact) mass is 447 g/mol. The summed E-state index contributed by atoms with van der Waals surface area (Å²) in [5, 5.41) is 7.93.